The zero-order valence-corrected chi connectivity index (χ0v) is 16.8. The highest BCUT2D eigenvalue weighted by molar-refractivity contribution is 5.45. The third-order valence-electron chi connectivity index (χ3n) is 5.33. The van der Waals surface area contributed by atoms with Gasteiger partial charge in [0.05, 0.1) is 17.5 Å². The molecule has 3 aromatic rings. The number of hydrogen-bond donors (Lipinski definition) is 1. The fourth-order valence-corrected chi connectivity index (χ4v) is 3.94. The van der Waals surface area contributed by atoms with Crippen LogP contribution in [0.1, 0.15) is 41.5 Å². The van der Waals surface area contributed by atoms with Crippen molar-refractivity contribution in [3.8, 4) is 23.1 Å². The van der Waals surface area contributed by atoms with Crippen LogP contribution in [0.4, 0.5) is 22.0 Å². The Kier molecular flexibility index (Phi) is 4.92. The largest absolute Gasteiger partial charge is 0.586 e. The highest BCUT2D eigenvalue weighted by Gasteiger charge is 2.43. The number of halogens is 5. The standard InChI is InChI=1S/C21H16F5N3O4/c22-20(23,24)19-13-2-1-3-14(30)18(13)29(28-19)12-6-7-27-17(9-12)31-10-11-4-5-15-16(8-11)33-21(25,26)32-15/h4-9,14,30H,1-3,10H2. The summed E-state index contributed by atoms with van der Waals surface area (Å²) in [4.78, 5) is 4.04. The maximum atomic E-state index is 13.5. The minimum atomic E-state index is -4.66. The smallest absolute Gasteiger partial charge is 0.473 e. The number of fused-ring (bicyclic) bond motifs is 2. The predicted molar refractivity (Wildman–Crippen MR) is 101 cm³/mol. The summed E-state index contributed by atoms with van der Waals surface area (Å²) in [5.74, 6) is -0.176. The Labute approximate surface area is 183 Å². The number of aliphatic hydroxyl groups excluding tert-OH is 1. The number of ether oxygens (including phenoxy) is 3. The van der Waals surface area contributed by atoms with Gasteiger partial charge in [0.15, 0.2) is 17.2 Å². The summed E-state index contributed by atoms with van der Waals surface area (Å²) in [6.07, 6.45) is -7.22. The number of aromatic nitrogens is 3. The molecule has 12 heteroatoms. The Bertz CT molecular complexity index is 1210. The first-order chi connectivity index (χ1) is 15.6. The maximum absolute atomic E-state index is 13.5. The van der Waals surface area contributed by atoms with Crippen molar-refractivity contribution in [2.75, 3.05) is 0 Å². The van der Waals surface area contributed by atoms with Gasteiger partial charge in [0.2, 0.25) is 5.88 Å². The van der Waals surface area contributed by atoms with E-state index in [4.69, 9.17) is 4.74 Å². The zero-order valence-electron chi connectivity index (χ0n) is 16.8. The highest BCUT2D eigenvalue weighted by Crippen LogP contribution is 2.42. The molecule has 0 amide bonds. The fourth-order valence-electron chi connectivity index (χ4n) is 3.94. The van der Waals surface area contributed by atoms with Crippen LogP contribution in [0.25, 0.3) is 5.69 Å². The summed E-state index contributed by atoms with van der Waals surface area (Å²) in [6, 6.07) is 6.98. The van der Waals surface area contributed by atoms with Gasteiger partial charge in [-0.25, -0.2) is 9.67 Å². The summed E-state index contributed by atoms with van der Waals surface area (Å²) in [6.45, 7) is -0.0771. The van der Waals surface area contributed by atoms with Crippen LogP contribution in [0.15, 0.2) is 36.5 Å². The van der Waals surface area contributed by atoms with Gasteiger partial charge in [0.1, 0.15) is 6.61 Å². The third kappa shape index (κ3) is 4.06. The molecule has 2 aliphatic rings. The summed E-state index contributed by atoms with van der Waals surface area (Å²) in [5.41, 5.74) is -0.223. The molecular formula is C21H16F5N3O4. The van der Waals surface area contributed by atoms with E-state index in [1.165, 1.54) is 36.5 Å². The van der Waals surface area contributed by atoms with Crippen molar-refractivity contribution in [2.24, 2.45) is 0 Å². The third-order valence-corrected chi connectivity index (χ3v) is 5.33. The number of aliphatic hydroxyl groups is 1. The Morgan fingerprint density at radius 2 is 1.94 bits per heavy atom. The molecule has 2 aromatic heterocycles. The van der Waals surface area contributed by atoms with Crippen LogP contribution in [0.3, 0.4) is 0 Å². The number of pyridine rings is 1. The van der Waals surface area contributed by atoms with Crippen molar-refractivity contribution in [2.45, 2.75) is 44.4 Å². The molecule has 1 aliphatic heterocycles. The van der Waals surface area contributed by atoms with Crippen molar-refractivity contribution in [3.05, 3.63) is 59.0 Å². The number of rotatable bonds is 4. The molecule has 1 aliphatic carbocycles. The van der Waals surface area contributed by atoms with E-state index >= 15 is 0 Å². The SMILES string of the molecule is OC1CCCc2c(C(F)(F)F)nn(-c3ccnc(OCc4ccc5c(c4)OC(F)(F)O5)c3)c21. The van der Waals surface area contributed by atoms with Crippen LogP contribution < -0.4 is 14.2 Å². The van der Waals surface area contributed by atoms with E-state index in [0.29, 0.717) is 18.4 Å². The molecule has 0 radical (unpaired) electrons. The first kappa shape index (κ1) is 21.4. The molecule has 7 nitrogen and oxygen atoms in total. The second-order valence-corrected chi connectivity index (χ2v) is 7.62. The maximum Gasteiger partial charge on any atom is 0.586 e. The molecule has 0 bridgehead atoms. The lowest BCUT2D eigenvalue weighted by molar-refractivity contribution is -0.286. The summed E-state index contributed by atoms with van der Waals surface area (Å²) in [5, 5.41) is 14.1. The number of hydrogen-bond acceptors (Lipinski definition) is 6. The van der Waals surface area contributed by atoms with Crippen molar-refractivity contribution < 1.29 is 41.3 Å². The van der Waals surface area contributed by atoms with E-state index in [1.807, 2.05) is 0 Å². The van der Waals surface area contributed by atoms with Gasteiger partial charge in [-0.15, -0.1) is 8.78 Å². The van der Waals surface area contributed by atoms with Crippen LogP contribution in [0.2, 0.25) is 0 Å². The van der Waals surface area contributed by atoms with Crippen LogP contribution in [0, 0.1) is 0 Å². The number of benzene rings is 1. The molecule has 1 aromatic carbocycles. The number of nitrogens with zero attached hydrogens (tertiary/aromatic N) is 3. The molecule has 1 atom stereocenters. The normalized spacial score (nSPS) is 18.8. The fraction of sp³-hybridized carbons (Fsp3) is 0.333. The molecule has 0 saturated carbocycles. The first-order valence-electron chi connectivity index (χ1n) is 9.96. The molecule has 1 unspecified atom stereocenters. The Morgan fingerprint density at radius 1 is 1.15 bits per heavy atom. The van der Waals surface area contributed by atoms with Gasteiger partial charge in [-0.05, 0) is 43.0 Å². The van der Waals surface area contributed by atoms with Gasteiger partial charge in [-0.2, -0.15) is 18.3 Å². The average molecular weight is 469 g/mol. The molecule has 3 heterocycles. The lowest BCUT2D eigenvalue weighted by Gasteiger charge is -2.20. The van der Waals surface area contributed by atoms with Gasteiger partial charge in [0.25, 0.3) is 0 Å². The quantitative estimate of drug-likeness (QED) is 0.565. The minimum Gasteiger partial charge on any atom is -0.473 e. The van der Waals surface area contributed by atoms with Crippen LogP contribution in [-0.2, 0) is 19.2 Å². The van der Waals surface area contributed by atoms with Crippen LogP contribution in [0.5, 0.6) is 17.4 Å². The molecule has 0 fully saturated rings. The first-order valence-corrected chi connectivity index (χ1v) is 9.96. The van der Waals surface area contributed by atoms with E-state index in [9.17, 15) is 27.1 Å². The zero-order chi connectivity index (χ0) is 23.4. The highest BCUT2D eigenvalue weighted by atomic mass is 19.4. The number of alkyl halides is 5. The predicted octanol–water partition coefficient (Wildman–Crippen LogP) is 4.56. The van der Waals surface area contributed by atoms with E-state index in [-0.39, 0.29) is 47.4 Å². The van der Waals surface area contributed by atoms with E-state index in [2.05, 4.69) is 19.6 Å². The summed E-state index contributed by atoms with van der Waals surface area (Å²) < 4.78 is 82.2. The molecule has 5 rings (SSSR count). The topological polar surface area (TPSA) is 78.6 Å². The minimum absolute atomic E-state index is 0.0160. The van der Waals surface area contributed by atoms with Gasteiger partial charge < -0.3 is 19.3 Å². The molecule has 0 spiro atoms. The lowest BCUT2D eigenvalue weighted by Crippen LogP contribution is -2.25. The Morgan fingerprint density at radius 3 is 2.73 bits per heavy atom. The van der Waals surface area contributed by atoms with Gasteiger partial charge in [0, 0.05) is 17.8 Å². The average Bonchev–Trinajstić information content (AvgIpc) is 3.29. The van der Waals surface area contributed by atoms with Crippen molar-refractivity contribution >= 4 is 0 Å². The molecule has 0 saturated heterocycles. The summed E-state index contributed by atoms with van der Waals surface area (Å²) >= 11 is 0. The molecule has 174 valence electrons. The second-order valence-electron chi connectivity index (χ2n) is 7.62. The van der Waals surface area contributed by atoms with Crippen molar-refractivity contribution in [3.63, 3.8) is 0 Å². The Balaban J connectivity index is 1.40. The van der Waals surface area contributed by atoms with Gasteiger partial charge in [-0.3, -0.25) is 0 Å². The Hall–Kier alpha value is -3.41. The second kappa shape index (κ2) is 7.58. The van der Waals surface area contributed by atoms with E-state index < -0.39 is 24.3 Å². The lowest BCUT2D eigenvalue weighted by atomic mass is 9.93. The molecular weight excluding hydrogens is 453 g/mol. The van der Waals surface area contributed by atoms with E-state index in [0.717, 1.165) is 4.68 Å². The van der Waals surface area contributed by atoms with Crippen molar-refractivity contribution in [1.29, 1.82) is 0 Å². The van der Waals surface area contributed by atoms with E-state index in [1.54, 1.807) is 0 Å². The molecule has 1 N–H and O–H groups in total. The van der Waals surface area contributed by atoms with Crippen LogP contribution >= 0.6 is 0 Å². The van der Waals surface area contributed by atoms with Crippen LogP contribution in [-0.4, -0.2) is 26.2 Å². The molecule has 33 heavy (non-hydrogen) atoms. The van der Waals surface area contributed by atoms with Gasteiger partial charge in [-0.1, -0.05) is 6.07 Å². The van der Waals surface area contributed by atoms with Crippen molar-refractivity contribution in [1.82, 2.24) is 14.8 Å². The summed E-state index contributed by atoms with van der Waals surface area (Å²) in [7, 11) is 0. The monoisotopic (exact) mass is 469 g/mol. The van der Waals surface area contributed by atoms with Gasteiger partial charge >= 0.3 is 12.5 Å².